The van der Waals surface area contributed by atoms with E-state index in [9.17, 15) is 24.3 Å². The maximum atomic E-state index is 13.0. The first kappa shape index (κ1) is 22.5. The van der Waals surface area contributed by atoms with Crippen LogP contribution in [0.2, 0.25) is 0 Å². The molecule has 1 saturated heterocycles. The number of barbiturate groups is 1. The summed E-state index contributed by atoms with van der Waals surface area (Å²) in [5.74, 6) is -2.59. The molecule has 32 heavy (non-hydrogen) atoms. The molecule has 0 aromatic heterocycles. The van der Waals surface area contributed by atoms with E-state index in [0.29, 0.717) is 11.3 Å². The number of ether oxygens (including phenoxy) is 2. The van der Waals surface area contributed by atoms with Gasteiger partial charge in [-0.05, 0) is 56.7 Å². The molecule has 0 radical (unpaired) electrons. The number of carboxylic acid groups (broad SMARTS) is 1. The van der Waals surface area contributed by atoms with Gasteiger partial charge in [-0.1, -0.05) is 23.8 Å². The van der Waals surface area contributed by atoms with Gasteiger partial charge in [0.2, 0.25) is 0 Å². The molecule has 1 aliphatic heterocycles. The van der Waals surface area contributed by atoms with Crippen LogP contribution in [0.15, 0.2) is 48.0 Å². The third-order valence-electron chi connectivity index (χ3n) is 4.61. The molecule has 2 aromatic rings. The van der Waals surface area contributed by atoms with Crippen LogP contribution in [-0.4, -0.2) is 36.5 Å². The van der Waals surface area contributed by atoms with Crippen molar-refractivity contribution in [1.82, 2.24) is 5.32 Å². The number of aliphatic carboxylic acids is 1. The molecule has 2 aromatic carbocycles. The minimum Gasteiger partial charge on any atom is -0.546 e. The van der Waals surface area contributed by atoms with E-state index in [1.165, 1.54) is 31.2 Å². The number of aryl methyl sites for hydroxylation is 1. The second-order valence-electron chi connectivity index (χ2n) is 7.01. The number of carbonyl (C=O) groups is 4. The second-order valence-corrected chi connectivity index (χ2v) is 7.01. The van der Waals surface area contributed by atoms with Crippen LogP contribution in [0.5, 0.6) is 11.5 Å². The molecule has 166 valence electrons. The maximum Gasteiger partial charge on any atom is 0.335 e. The Balaban J connectivity index is 1.96. The highest BCUT2D eigenvalue weighted by Gasteiger charge is 2.36. The Kier molecular flexibility index (Phi) is 6.58. The highest BCUT2D eigenvalue weighted by molar-refractivity contribution is 6.39. The Bertz CT molecular complexity index is 1110. The molecule has 0 spiro atoms. The van der Waals surface area contributed by atoms with E-state index in [1.807, 2.05) is 6.92 Å². The zero-order valence-corrected chi connectivity index (χ0v) is 17.7. The maximum absolute atomic E-state index is 13.0. The number of urea groups is 1. The lowest BCUT2D eigenvalue weighted by molar-refractivity contribution is -0.312. The van der Waals surface area contributed by atoms with E-state index in [2.05, 4.69) is 5.32 Å². The van der Waals surface area contributed by atoms with Crippen molar-refractivity contribution in [2.45, 2.75) is 26.9 Å². The summed E-state index contributed by atoms with van der Waals surface area (Å²) in [6, 6.07) is 10.4. The van der Waals surface area contributed by atoms with Crippen LogP contribution in [-0.2, 0) is 14.4 Å². The fraction of sp³-hybridized carbons (Fsp3) is 0.217. The quantitative estimate of drug-likeness (QED) is 0.515. The fourth-order valence-corrected chi connectivity index (χ4v) is 2.97. The van der Waals surface area contributed by atoms with Gasteiger partial charge in [-0.2, -0.15) is 0 Å². The highest BCUT2D eigenvalue weighted by Crippen LogP contribution is 2.31. The van der Waals surface area contributed by atoms with Crippen LogP contribution < -0.4 is 24.8 Å². The van der Waals surface area contributed by atoms with Crippen molar-refractivity contribution in [1.29, 1.82) is 0 Å². The summed E-state index contributed by atoms with van der Waals surface area (Å²) in [6.45, 7) is 5.20. The van der Waals surface area contributed by atoms with Gasteiger partial charge in [0, 0.05) is 0 Å². The number of carboxylic acids is 1. The predicted octanol–water partition coefficient (Wildman–Crippen LogP) is 1.58. The van der Waals surface area contributed by atoms with E-state index in [1.54, 1.807) is 31.2 Å². The molecule has 0 unspecified atom stereocenters. The van der Waals surface area contributed by atoms with Crippen LogP contribution in [0.4, 0.5) is 10.5 Å². The van der Waals surface area contributed by atoms with E-state index >= 15 is 0 Å². The number of carbonyl (C=O) groups excluding carboxylic acids is 4. The second kappa shape index (κ2) is 9.34. The first-order valence-corrected chi connectivity index (χ1v) is 9.83. The number of nitrogens with one attached hydrogen (secondary N) is 1. The summed E-state index contributed by atoms with van der Waals surface area (Å²) in [4.78, 5) is 49.5. The number of hydrogen-bond donors (Lipinski definition) is 1. The molecule has 1 fully saturated rings. The van der Waals surface area contributed by atoms with Crippen molar-refractivity contribution in [3.63, 3.8) is 0 Å². The Morgan fingerprint density at radius 3 is 2.44 bits per heavy atom. The predicted molar refractivity (Wildman–Crippen MR) is 113 cm³/mol. The van der Waals surface area contributed by atoms with Gasteiger partial charge in [-0.3, -0.25) is 14.9 Å². The van der Waals surface area contributed by atoms with Gasteiger partial charge in [-0.15, -0.1) is 0 Å². The SMILES string of the molecule is CCOc1cc(/C=C2/C(=O)NC(=O)N(c3ccc(C)cc3)C2=O)ccc1O[C@H](C)C(=O)[O-]. The van der Waals surface area contributed by atoms with Crippen molar-refractivity contribution in [3.05, 3.63) is 59.2 Å². The van der Waals surface area contributed by atoms with Gasteiger partial charge in [0.25, 0.3) is 11.8 Å². The number of benzene rings is 2. The van der Waals surface area contributed by atoms with E-state index in [0.717, 1.165) is 10.5 Å². The number of nitrogens with zero attached hydrogens (tertiary/aromatic N) is 1. The standard InChI is InChI=1S/C23H22N2O7/c1-4-31-19-12-15(7-10-18(19)32-14(3)22(28)29)11-17-20(26)24-23(30)25(21(17)27)16-8-5-13(2)6-9-16/h5-12,14H,4H2,1-3H3,(H,28,29)(H,24,26,30)/p-1/b17-11-/t14-/m1/s1. The van der Waals surface area contributed by atoms with Gasteiger partial charge in [0.1, 0.15) is 11.7 Å². The summed E-state index contributed by atoms with van der Waals surface area (Å²) >= 11 is 0. The number of amides is 4. The van der Waals surface area contributed by atoms with Crippen molar-refractivity contribution >= 4 is 35.6 Å². The molecule has 0 saturated carbocycles. The van der Waals surface area contributed by atoms with E-state index < -0.39 is 29.9 Å². The molecule has 0 bridgehead atoms. The summed E-state index contributed by atoms with van der Waals surface area (Å²) in [5, 5.41) is 13.1. The van der Waals surface area contributed by atoms with Crippen LogP contribution in [0, 0.1) is 6.92 Å². The molecule has 9 heteroatoms. The first-order valence-electron chi connectivity index (χ1n) is 9.83. The first-order chi connectivity index (χ1) is 15.2. The molecule has 1 N–H and O–H groups in total. The monoisotopic (exact) mass is 437 g/mol. The van der Waals surface area contributed by atoms with Gasteiger partial charge < -0.3 is 19.4 Å². The molecule has 1 heterocycles. The average molecular weight is 437 g/mol. The lowest BCUT2D eigenvalue weighted by atomic mass is 10.1. The van der Waals surface area contributed by atoms with Crippen LogP contribution in [0.3, 0.4) is 0 Å². The van der Waals surface area contributed by atoms with Gasteiger partial charge in [-0.25, -0.2) is 9.69 Å². The lowest BCUT2D eigenvalue weighted by Gasteiger charge is -2.26. The largest absolute Gasteiger partial charge is 0.546 e. The third-order valence-corrected chi connectivity index (χ3v) is 4.61. The van der Waals surface area contributed by atoms with E-state index in [4.69, 9.17) is 9.47 Å². The Morgan fingerprint density at radius 1 is 1.12 bits per heavy atom. The smallest absolute Gasteiger partial charge is 0.335 e. The highest BCUT2D eigenvalue weighted by atomic mass is 16.5. The fourth-order valence-electron chi connectivity index (χ4n) is 2.97. The number of anilines is 1. The topological polar surface area (TPSA) is 125 Å². The summed E-state index contributed by atoms with van der Waals surface area (Å²) < 4.78 is 10.8. The average Bonchev–Trinajstić information content (AvgIpc) is 2.74. The number of hydrogen-bond acceptors (Lipinski definition) is 7. The Morgan fingerprint density at radius 2 is 1.81 bits per heavy atom. The number of rotatable bonds is 7. The normalized spacial score (nSPS) is 16.0. The van der Waals surface area contributed by atoms with Crippen molar-refractivity contribution in [2.24, 2.45) is 0 Å². The zero-order valence-electron chi connectivity index (χ0n) is 17.7. The van der Waals surface area contributed by atoms with Crippen LogP contribution in [0.25, 0.3) is 6.08 Å². The van der Waals surface area contributed by atoms with Crippen LogP contribution in [0.1, 0.15) is 25.0 Å². The van der Waals surface area contributed by atoms with E-state index in [-0.39, 0.29) is 23.7 Å². The molecule has 0 aliphatic carbocycles. The lowest BCUT2D eigenvalue weighted by Crippen LogP contribution is -2.54. The Hall–Kier alpha value is -4.14. The van der Waals surface area contributed by atoms with Gasteiger partial charge in [0.05, 0.1) is 18.3 Å². The van der Waals surface area contributed by atoms with Gasteiger partial charge in [0.15, 0.2) is 11.5 Å². The van der Waals surface area contributed by atoms with Crippen molar-refractivity contribution in [3.8, 4) is 11.5 Å². The minimum atomic E-state index is -1.39. The third kappa shape index (κ3) is 4.77. The molecule has 3 rings (SSSR count). The summed E-state index contributed by atoms with van der Waals surface area (Å²) in [6.07, 6.45) is 0.109. The molecule has 9 nitrogen and oxygen atoms in total. The molecular formula is C23H21N2O7-. The molecule has 1 aliphatic rings. The molecule has 4 amide bonds. The minimum absolute atomic E-state index is 0.168. The van der Waals surface area contributed by atoms with Crippen molar-refractivity contribution in [2.75, 3.05) is 11.5 Å². The van der Waals surface area contributed by atoms with Crippen molar-refractivity contribution < 1.29 is 33.8 Å². The summed E-state index contributed by atoms with van der Waals surface area (Å²) in [5.41, 5.74) is 1.44. The van der Waals surface area contributed by atoms with Crippen LogP contribution >= 0.6 is 0 Å². The molecular weight excluding hydrogens is 416 g/mol. The zero-order chi connectivity index (χ0) is 23.4. The number of imide groups is 2. The van der Waals surface area contributed by atoms with Gasteiger partial charge >= 0.3 is 6.03 Å². The summed E-state index contributed by atoms with van der Waals surface area (Å²) in [7, 11) is 0. The Labute approximate surface area is 184 Å². The molecule has 1 atom stereocenters.